The molecule has 0 aliphatic carbocycles. The van der Waals surface area contributed by atoms with Crippen LogP contribution in [0.5, 0.6) is 5.75 Å². The van der Waals surface area contributed by atoms with E-state index in [1.807, 2.05) is 12.1 Å². The summed E-state index contributed by atoms with van der Waals surface area (Å²) in [7, 11) is 1.65. The Bertz CT molecular complexity index is 1100. The summed E-state index contributed by atoms with van der Waals surface area (Å²) in [6.45, 7) is 3.35. The van der Waals surface area contributed by atoms with Crippen molar-refractivity contribution in [3.05, 3.63) is 59.4 Å². The molecule has 2 aromatic carbocycles. The Balaban J connectivity index is 1.20. The molecule has 4 rings (SSSR count). The number of nitrogens with zero attached hydrogens (tertiary/aromatic N) is 2. The number of amides is 1. The zero-order valence-corrected chi connectivity index (χ0v) is 20.7. The minimum absolute atomic E-state index is 0.176. The third-order valence-electron chi connectivity index (χ3n) is 7.19. The van der Waals surface area contributed by atoms with Gasteiger partial charge in [0.2, 0.25) is 0 Å². The SMILES string of the molecule is COc1ccc(N2CCC(N3CC[C@@H](CC(=O)CNC(=O)c4cc(F)cc(C(F)(F)F)c4)C3)CC2)cc1. The van der Waals surface area contributed by atoms with Crippen LogP contribution in [-0.2, 0) is 11.0 Å². The number of hydrogen-bond acceptors (Lipinski definition) is 5. The van der Waals surface area contributed by atoms with Crippen LogP contribution in [0.1, 0.15) is 41.6 Å². The minimum Gasteiger partial charge on any atom is -0.497 e. The van der Waals surface area contributed by atoms with Crippen LogP contribution in [0.3, 0.4) is 0 Å². The average molecular weight is 522 g/mol. The van der Waals surface area contributed by atoms with Crippen LogP contribution in [-0.4, -0.2) is 62.5 Å². The van der Waals surface area contributed by atoms with Gasteiger partial charge in [-0.05, 0) is 74.2 Å². The zero-order chi connectivity index (χ0) is 26.6. The van der Waals surface area contributed by atoms with Crippen molar-refractivity contribution < 1.29 is 31.9 Å². The molecule has 0 radical (unpaired) electrons. The molecule has 0 saturated carbocycles. The van der Waals surface area contributed by atoms with Gasteiger partial charge in [0.15, 0.2) is 5.78 Å². The summed E-state index contributed by atoms with van der Waals surface area (Å²) in [4.78, 5) is 29.5. The first-order valence-corrected chi connectivity index (χ1v) is 12.4. The Morgan fingerprint density at radius 2 is 1.73 bits per heavy atom. The molecule has 0 unspecified atom stereocenters. The van der Waals surface area contributed by atoms with Gasteiger partial charge in [0.05, 0.1) is 19.2 Å². The monoisotopic (exact) mass is 521 g/mol. The van der Waals surface area contributed by atoms with Gasteiger partial charge in [-0.15, -0.1) is 0 Å². The number of piperidine rings is 1. The van der Waals surface area contributed by atoms with Crippen LogP contribution in [0, 0.1) is 11.7 Å². The third kappa shape index (κ3) is 7.00. The van der Waals surface area contributed by atoms with E-state index in [0.29, 0.717) is 24.6 Å². The molecule has 2 saturated heterocycles. The maximum Gasteiger partial charge on any atom is 0.416 e. The highest BCUT2D eigenvalue weighted by atomic mass is 19.4. The Morgan fingerprint density at radius 3 is 2.38 bits per heavy atom. The Kier molecular flexibility index (Phi) is 8.36. The van der Waals surface area contributed by atoms with E-state index in [1.54, 1.807) is 7.11 Å². The number of anilines is 1. The van der Waals surface area contributed by atoms with E-state index in [0.717, 1.165) is 57.3 Å². The number of nitrogens with one attached hydrogen (secondary N) is 1. The topological polar surface area (TPSA) is 61.9 Å². The first kappa shape index (κ1) is 26.9. The molecule has 2 aliphatic rings. The smallest absolute Gasteiger partial charge is 0.416 e. The lowest BCUT2D eigenvalue weighted by molar-refractivity contribution is -0.137. The Morgan fingerprint density at radius 1 is 1.03 bits per heavy atom. The van der Waals surface area contributed by atoms with Crippen LogP contribution in [0.25, 0.3) is 0 Å². The fraction of sp³-hybridized carbons (Fsp3) is 0.481. The number of rotatable bonds is 8. The molecule has 200 valence electrons. The number of alkyl halides is 3. The van der Waals surface area contributed by atoms with Gasteiger partial charge in [0, 0.05) is 43.3 Å². The van der Waals surface area contributed by atoms with Crippen LogP contribution in [0.15, 0.2) is 42.5 Å². The quantitative estimate of drug-likeness (QED) is 0.518. The van der Waals surface area contributed by atoms with Crippen molar-refractivity contribution in [2.75, 3.05) is 44.7 Å². The van der Waals surface area contributed by atoms with Crippen LogP contribution in [0.2, 0.25) is 0 Å². The van der Waals surface area contributed by atoms with Gasteiger partial charge in [0.25, 0.3) is 5.91 Å². The Hall–Kier alpha value is -3.14. The van der Waals surface area contributed by atoms with Gasteiger partial charge >= 0.3 is 6.18 Å². The summed E-state index contributed by atoms with van der Waals surface area (Å²) in [6.07, 6.45) is -1.52. The summed E-state index contributed by atoms with van der Waals surface area (Å²) in [5, 5.41) is 2.33. The third-order valence-corrected chi connectivity index (χ3v) is 7.19. The van der Waals surface area contributed by atoms with Crippen molar-refractivity contribution >= 4 is 17.4 Å². The van der Waals surface area contributed by atoms with E-state index in [9.17, 15) is 27.2 Å². The maximum absolute atomic E-state index is 13.6. The highest BCUT2D eigenvalue weighted by Crippen LogP contribution is 2.31. The van der Waals surface area contributed by atoms with Crippen LogP contribution >= 0.6 is 0 Å². The molecule has 2 aromatic rings. The second-order valence-corrected chi connectivity index (χ2v) is 9.72. The number of ketones is 1. The normalized spacial score (nSPS) is 19.2. The van der Waals surface area contributed by atoms with Gasteiger partial charge in [-0.25, -0.2) is 4.39 Å². The van der Waals surface area contributed by atoms with Gasteiger partial charge in [-0.3, -0.25) is 14.5 Å². The molecular formula is C27H31F4N3O3. The van der Waals surface area contributed by atoms with Crippen molar-refractivity contribution in [1.29, 1.82) is 0 Å². The van der Waals surface area contributed by atoms with Crippen molar-refractivity contribution in [3.63, 3.8) is 0 Å². The number of benzene rings is 2. The first-order chi connectivity index (χ1) is 17.6. The number of ether oxygens (including phenoxy) is 1. The molecule has 2 heterocycles. The zero-order valence-electron chi connectivity index (χ0n) is 20.7. The second-order valence-electron chi connectivity index (χ2n) is 9.72. The number of halogens is 4. The van der Waals surface area contributed by atoms with E-state index in [-0.39, 0.29) is 18.2 Å². The fourth-order valence-corrected chi connectivity index (χ4v) is 5.20. The molecule has 1 atom stereocenters. The summed E-state index contributed by atoms with van der Waals surface area (Å²) < 4.78 is 57.4. The van der Waals surface area contributed by atoms with E-state index in [2.05, 4.69) is 27.2 Å². The number of likely N-dealkylation sites (tertiary alicyclic amines) is 1. The molecule has 1 N–H and O–H groups in total. The van der Waals surface area contributed by atoms with E-state index >= 15 is 0 Å². The largest absolute Gasteiger partial charge is 0.497 e. The fourth-order valence-electron chi connectivity index (χ4n) is 5.20. The van der Waals surface area contributed by atoms with Crippen molar-refractivity contribution in [3.8, 4) is 5.75 Å². The minimum atomic E-state index is -4.77. The summed E-state index contributed by atoms with van der Waals surface area (Å²) >= 11 is 0. The maximum atomic E-state index is 13.6. The lowest BCUT2D eigenvalue weighted by Gasteiger charge is -2.38. The van der Waals surface area contributed by atoms with Crippen molar-refractivity contribution in [2.45, 2.75) is 37.9 Å². The number of hydrogen-bond donors (Lipinski definition) is 1. The van der Waals surface area contributed by atoms with Gasteiger partial charge in [-0.1, -0.05) is 0 Å². The first-order valence-electron chi connectivity index (χ1n) is 12.4. The lowest BCUT2D eigenvalue weighted by Crippen LogP contribution is -2.44. The van der Waals surface area contributed by atoms with E-state index in [1.165, 1.54) is 5.69 Å². The average Bonchev–Trinajstić information content (AvgIpc) is 3.35. The molecular weight excluding hydrogens is 490 g/mol. The highest BCUT2D eigenvalue weighted by molar-refractivity contribution is 5.97. The predicted octanol–water partition coefficient (Wildman–Crippen LogP) is 4.53. The number of carbonyl (C=O) groups is 2. The molecule has 0 aromatic heterocycles. The number of Topliss-reactive ketones (excluding diaryl/α,β-unsaturated/α-hetero) is 1. The summed E-state index contributed by atoms with van der Waals surface area (Å²) in [5.74, 6) is -1.25. The number of carbonyl (C=O) groups excluding carboxylic acids is 2. The molecule has 10 heteroatoms. The lowest BCUT2D eigenvalue weighted by atomic mass is 10.0. The molecule has 6 nitrogen and oxygen atoms in total. The highest BCUT2D eigenvalue weighted by Gasteiger charge is 2.33. The van der Waals surface area contributed by atoms with Crippen molar-refractivity contribution in [1.82, 2.24) is 10.2 Å². The van der Waals surface area contributed by atoms with Crippen LogP contribution < -0.4 is 15.0 Å². The summed E-state index contributed by atoms with van der Waals surface area (Å²) in [6, 6.07) is 10.2. The molecule has 37 heavy (non-hydrogen) atoms. The van der Waals surface area contributed by atoms with E-state index < -0.39 is 29.0 Å². The second kappa shape index (κ2) is 11.5. The summed E-state index contributed by atoms with van der Waals surface area (Å²) in [5.41, 5.74) is -0.530. The van der Waals surface area contributed by atoms with Gasteiger partial charge in [0.1, 0.15) is 11.6 Å². The molecule has 0 spiro atoms. The van der Waals surface area contributed by atoms with Crippen LogP contribution in [0.4, 0.5) is 23.2 Å². The van der Waals surface area contributed by atoms with Gasteiger partial charge in [-0.2, -0.15) is 13.2 Å². The predicted molar refractivity (Wildman–Crippen MR) is 131 cm³/mol. The van der Waals surface area contributed by atoms with E-state index in [4.69, 9.17) is 4.74 Å². The number of methoxy groups -OCH3 is 1. The molecule has 2 aliphatic heterocycles. The Labute approximate surface area is 213 Å². The standard InChI is InChI=1S/C27H31F4N3O3/c1-37-25-4-2-22(3-5-25)33-10-7-23(8-11-33)34-9-6-18(17-34)12-24(35)16-32-26(36)19-13-20(27(29,30)31)15-21(28)14-19/h2-5,13-15,18,23H,6-12,16-17H2,1H3,(H,32,36)/t18-/m0/s1. The molecule has 0 bridgehead atoms. The molecule has 2 fully saturated rings. The van der Waals surface area contributed by atoms with Gasteiger partial charge < -0.3 is 15.0 Å². The molecule has 1 amide bonds. The van der Waals surface area contributed by atoms with Crippen molar-refractivity contribution in [2.24, 2.45) is 5.92 Å².